The van der Waals surface area contributed by atoms with Crippen LogP contribution < -0.4 is 5.32 Å². The van der Waals surface area contributed by atoms with E-state index in [1.54, 1.807) is 11.7 Å². The van der Waals surface area contributed by atoms with E-state index in [9.17, 15) is 4.79 Å². The van der Waals surface area contributed by atoms with E-state index in [1.807, 2.05) is 38.1 Å². The van der Waals surface area contributed by atoms with E-state index in [2.05, 4.69) is 17.3 Å². The Kier molecular flexibility index (Phi) is 4.23. The molecule has 1 aromatic carbocycles. The van der Waals surface area contributed by atoms with Crippen molar-refractivity contribution in [1.82, 2.24) is 9.78 Å². The number of aromatic nitrogens is 2. The first-order valence-corrected chi connectivity index (χ1v) is 6.92. The van der Waals surface area contributed by atoms with Crippen LogP contribution in [0.5, 0.6) is 0 Å². The Bertz CT molecular complexity index is 629. The van der Waals surface area contributed by atoms with Gasteiger partial charge < -0.3 is 5.32 Å². The molecule has 0 spiro atoms. The van der Waals surface area contributed by atoms with Gasteiger partial charge >= 0.3 is 0 Å². The zero-order valence-corrected chi connectivity index (χ0v) is 12.5. The third-order valence-electron chi connectivity index (χ3n) is 3.31. The van der Waals surface area contributed by atoms with E-state index in [4.69, 9.17) is 0 Å². The van der Waals surface area contributed by atoms with Crippen molar-refractivity contribution in [3.63, 3.8) is 0 Å². The first-order chi connectivity index (χ1) is 9.51. The molecule has 0 bridgehead atoms. The number of rotatable bonds is 4. The molecule has 1 heterocycles. The molecule has 0 saturated heterocycles. The molecule has 0 aliphatic carbocycles. The first kappa shape index (κ1) is 14.3. The van der Waals surface area contributed by atoms with Gasteiger partial charge in [-0.15, -0.1) is 0 Å². The number of carbonyl (C=O) groups is 1. The summed E-state index contributed by atoms with van der Waals surface area (Å²) in [4.78, 5) is 12.3. The van der Waals surface area contributed by atoms with Gasteiger partial charge in [0, 0.05) is 12.7 Å². The topological polar surface area (TPSA) is 46.9 Å². The molecule has 0 aliphatic rings. The van der Waals surface area contributed by atoms with Gasteiger partial charge in [-0.05, 0) is 43.5 Å². The van der Waals surface area contributed by atoms with Crippen LogP contribution >= 0.6 is 0 Å². The molecule has 1 N–H and O–H groups in total. The van der Waals surface area contributed by atoms with Crippen molar-refractivity contribution in [2.24, 2.45) is 7.05 Å². The van der Waals surface area contributed by atoms with Crippen LogP contribution in [0.15, 0.2) is 24.3 Å². The second-order valence-corrected chi connectivity index (χ2v) is 5.17. The van der Waals surface area contributed by atoms with E-state index in [0.717, 1.165) is 35.3 Å². The lowest BCUT2D eigenvalue weighted by molar-refractivity contribution is 0.101. The van der Waals surface area contributed by atoms with Crippen molar-refractivity contribution in [2.75, 3.05) is 5.32 Å². The normalized spacial score (nSPS) is 10.6. The summed E-state index contributed by atoms with van der Waals surface area (Å²) in [5, 5.41) is 7.32. The number of nitrogens with zero attached hydrogens (tertiary/aromatic N) is 2. The zero-order valence-electron chi connectivity index (χ0n) is 12.5. The zero-order chi connectivity index (χ0) is 14.7. The molecule has 0 fully saturated rings. The summed E-state index contributed by atoms with van der Waals surface area (Å²) in [6, 6.07) is 7.89. The fourth-order valence-corrected chi connectivity index (χ4v) is 2.17. The van der Waals surface area contributed by atoms with Crippen molar-refractivity contribution < 1.29 is 4.79 Å². The molecule has 20 heavy (non-hydrogen) atoms. The van der Waals surface area contributed by atoms with Gasteiger partial charge in [-0.3, -0.25) is 9.48 Å². The van der Waals surface area contributed by atoms with E-state index >= 15 is 0 Å². The van der Waals surface area contributed by atoms with Crippen LogP contribution in [0, 0.1) is 13.8 Å². The SMILES string of the molecule is CCCc1cc(C(=O)Nc2cc(C)ccc2C)n(C)n1. The smallest absolute Gasteiger partial charge is 0.273 e. The Labute approximate surface area is 119 Å². The number of hydrogen-bond donors (Lipinski definition) is 1. The second-order valence-electron chi connectivity index (χ2n) is 5.17. The largest absolute Gasteiger partial charge is 0.320 e. The molecule has 4 heteroatoms. The number of nitrogens with one attached hydrogen (secondary N) is 1. The van der Waals surface area contributed by atoms with Gasteiger partial charge in [-0.25, -0.2) is 0 Å². The first-order valence-electron chi connectivity index (χ1n) is 6.92. The highest BCUT2D eigenvalue weighted by molar-refractivity contribution is 6.03. The van der Waals surface area contributed by atoms with Gasteiger partial charge in [0.05, 0.1) is 5.69 Å². The van der Waals surface area contributed by atoms with Crippen molar-refractivity contribution >= 4 is 11.6 Å². The molecule has 2 aromatic rings. The Morgan fingerprint density at radius 3 is 2.75 bits per heavy atom. The predicted molar refractivity (Wildman–Crippen MR) is 81.1 cm³/mol. The van der Waals surface area contributed by atoms with E-state index in [0.29, 0.717) is 5.69 Å². The fourth-order valence-electron chi connectivity index (χ4n) is 2.17. The molecule has 1 aromatic heterocycles. The molecular weight excluding hydrogens is 250 g/mol. The van der Waals surface area contributed by atoms with Crippen LogP contribution in [0.2, 0.25) is 0 Å². The number of carbonyl (C=O) groups excluding carboxylic acids is 1. The second kappa shape index (κ2) is 5.90. The lowest BCUT2D eigenvalue weighted by Crippen LogP contribution is -2.16. The van der Waals surface area contributed by atoms with Crippen LogP contribution in [-0.2, 0) is 13.5 Å². The van der Waals surface area contributed by atoms with Crippen LogP contribution in [0.3, 0.4) is 0 Å². The molecule has 0 atom stereocenters. The summed E-state index contributed by atoms with van der Waals surface area (Å²) >= 11 is 0. The van der Waals surface area contributed by atoms with Gasteiger partial charge in [-0.1, -0.05) is 25.5 Å². The molecule has 1 amide bonds. The summed E-state index contributed by atoms with van der Waals surface area (Å²) in [6.45, 7) is 6.10. The van der Waals surface area contributed by atoms with Gasteiger partial charge in [0.1, 0.15) is 5.69 Å². The summed E-state index contributed by atoms with van der Waals surface area (Å²) in [6.07, 6.45) is 1.92. The number of benzene rings is 1. The highest BCUT2D eigenvalue weighted by atomic mass is 16.2. The van der Waals surface area contributed by atoms with Crippen molar-refractivity contribution in [1.29, 1.82) is 0 Å². The summed E-state index contributed by atoms with van der Waals surface area (Å²) in [5.74, 6) is -0.115. The minimum absolute atomic E-state index is 0.115. The maximum Gasteiger partial charge on any atom is 0.273 e. The highest BCUT2D eigenvalue weighted by Crippen LogP contribution is 2.17. The van der Waals surface area contributed by atoms with E-state index in [1.165, 1.54) is 0 Å². The average Bonchev–Trinajstić information content (AvgIpc) is 2.75. The molecule has 106 valence electrons. The minimum atomic E-state index is -0.115. The lowest BCUT2D eigenvalue weighted by Gasteiger charge is -2.09. The molecule has 0 saturated carbocycles. The Balaban J connectivity index is 2.21. The Morgan fingerprint density at radius 2 is 2.05 bits per heavy atom. The molecule has 4 nitrogen and oxygen atoms in total. The van der Waals surface area contributed by atoms with Crippen molar-refractivity contribution in [3.8, 4) is 0 Å². The fraction of sp³-hybridized carbons (Fsp3) is 0.375. The summed E-state index contributed by atoms with van der Waals surface area (Å²) in [5.41, 5.74) is 4.59. The molecule has 2 rings (SSSR count). The minimum Gasteiger partial charge on any atom is -0.320 e. The number of anilines is 1. The third-order valence-corrected chi connectivity index (χ3v) is 3.31. The summed E-state index contributed by atoms with van der Waals surface area (Å²) in [7, 11) is 1.80. The van der Waals surface area contributed by atoms with Crippen LogP contribution in [0.25, 0.3) is 0 Å². The highest BCUT2D eigenvalue weighted by Gasteiger charge is 2.14. The standard InChI is InChI=1S/C16H21N3O/c1-5-6-13-10-15(19(4)18-13)16(20)17-14-9-11(2)7-8-12(14)3/h7-10H,5-6H2,1-4H3,(H,17,20). The Morgan fingerprint density at radius 1 is 1.30 bits per heavy atom. The maximum atomic E-state index is 12.3. The van der Waals surface area contributed by atoms with E-state index < -0.39 is 0 Å². The predicted octanol–water partition coefficient (Wildman–Crippen LogP) is 3.24. The van der Waals surface area contributed by atoms with Crippen LogP contribution in [0.1, 0.15) is 40.7 Å². The average molecular weight is 271 g/mol. The summed E-state index contributed by atoms with van der Waals surface area (Å²) < 4.78 is 1.64. The number of amides is 1. The van der Waals surface area contributed by atoms with Crippen molar-refractivity contribution in [2.45, 2.75) is 33.6 Å². The third kappa shape index (κ3) is 3.07. The van der Waals surface area contributed by atoms with Gasteiger partial charge in [-0.2, -0.15) is 5.10 Å². The lowest BCUT2D eigenvalue weighted by atomic mass is 10.1. The van der Waals surface area contributed by atoms with Gasteiger partial charge in [0.25, 0.3) is 5.91 Å². The Hall–Kier alpha value is -2.10. The number of aryl methyl sites for hydroxylation is 4. The molecule has 0 aliphatic heterocycles. The quantitative estimate of drug-likeness (QED) is 0.928. The maximum absolute atomic E-state index is 12.3. The molecular formula is C16H21N3O. The number of hydrogen-bond acceptors (Lipinski definition) is 2. The van der Waals surface area contributed by atoms with Gasteiger partial charge in [0.2, 0.25) is 0 Å². The molecule has 0 unspecified atom stereocenters. The molecule has 0 radical (unpaired) electrons. The van der Waals surface area contributed by atoms with Crippen molar-refractivity contribution in [3.05, 3.63) is 46.8 Å². The van der Waals surface area contributed by atoms with E-state index in [-0.39, 0.29) is 5.91 Å². The monoisotopic (exact) mass is 271 g/mol. The van der Waals surface area contributed by atoms with Crippen LogP contribution in [-0.4, -0.2) is 15.7 Å². The van der Waals surface area contributed by atoms with Crippen LogP contribution in [0.4, 0.5) is 5.69 Å². The van der Waals surface area contributed by atoms with Gasteiger partial charge in [0.15, 0.2) is 0 Å².